The molecular formula is C15H31N3. The summed E-state index contributed by atoms with van der Waals surface area (Å²) in [7, 11) is 0. The lowest BCUT2D eigenvalue weighted by atomic mass is 9.86. The standard InChI is InChI=1S/C15H31N3/c1-15(2,3)14(11-16)18-10-7-13(12-18)17-8-5-4-6-9-17/h13-14H,4-12,16H2,1-3H3. The van der Waals surface area contributed by atoms with Crippen molar-refractivity contribution < 1.29 is 0 Å². The lowest BCUT2D eigenvalue weighted by Gasteiger charge is -2.38. The van der Waals surface area contributed by atoms with Gasteiger partial charge >= 0.3 is 0 Å². The summed E-state index contributed by atoms with van der Waals surface area (Å²) in [5.41, 5.74) is 6.30. The third-order valence-electron chi connectivity index (χ3n) is 4.77. The Kier molecular flexibility index (Phi) is 4.68. The summed E-state index contributed by atoms with van der Waals surface area (Å²) in [5, 5.41) is 0. The molecule has 2 aliphatic rings. The fourth-order valence-electron chi connectivity index (χ4n) is 3.68. The number of nitrogens with zero attached hydrogens (tertiary/aromatic N) is 2. The quantitative estimate of drug-likeness (QED) is 0.834. The van der Waals surface area contributed by atoms with E-state index in [-0.39, 0.29) is 0 Å². The second kappa shape index (κ2) is 5.89. The summed E-state index contributed by atoms with van der Waals surface area (Å²) in [5.74, 6) is 0. The first-order chi connectivity index (χ1) is 8.52. The fraction of sp³-hybridized carbons (Fsp3) is 1.00. The molecule has 3 heteroatoms. The van der Waals surface area contributed by atoms with E-state index in [0.717, 1.165) is 12.6 Å². The molecule has 0 aromatic rings. The average molecular weight is 253 g/mol. The Balaban J connectivity index is 1.90. The molecule has 0 aromatic carbocycles. The molecule has 2 rings (SSSR count). The van der Waals surface area contributed by atoms with Crippen molar-refractivity contribution in [3.05, 3.63) is 0 Å². The molecule has 2 atom stereocenters. The van der Waals surface area contributed by atoms with Gasteiger partial charge in [-0.05, 0) is 37.8 Å². The van der Waals surface area contributed by atoms with Crippen molar-refractivity contribution in [1.29, 1.82) is 0 Å². The molecule has 2 aliphatic heterocycles. The van der Waals surface area contributed by atoms with Crippen LogP contribution in [0.5, 0.6) is 0 Å². The molecule has 0 radical (unpaired) electrons. The molecule has 2 fully saturated rings. The molecule has 2 heterocycles. The molecule has 0 aromatic heterocycles. The molecule has 0 saturated carbocycles. The third kappa shape index (κ3) is 3.25. The van der Waals surface area contributed by atoms with Crippen molar-refractivity contribution in [3.63, 3.8) is 0 Å². The summed E-state index contributed by atoms with van der Waals surface area (Å²) in [6.45, 7) is 12.9. The zero-order chi connectivity index (χ0) is 13.2. The van der Waals surface area contributed by atoms with Gasteiger partial charge in [0.2, 0.25) is 0 Å². The largest absolute Gasteiger partial charge is 0.329 e. The van der Waals surface area contributed by atoms with E-state index < -0.39 is 0 Å². The highest BCUT2D eigenvalue weighted by Gasteiger charge is 2.36. The van der Waals surface area contributed by atoms with E-state index in [1.165, 1.54) is 51.9 Å². The number of hydrogen-bond donors (Lipinski definition) is 1. The Hall–Kier alpha value is -0.120. The lowest BCUT2D eigenvalue weighted by Crippen LogP contribution is -2.49. The van der Waals surface area contributed by atoms with E-state index >= 15 is 0 Å². The van der Waals surface area contributed by atoms with Crippen LogP contribution in [-0.2, 0) is 0 Å². The zero-order valence-electron chi connectivity index (χ0n) is 12.5. The average Bonchev–Trinajstić information content (AvgIpc) is 2.78. The summed E-state index contributed by atoms with van der Waals surface area (Å²) in [4.78, 5) is 5.36. The predicted molar refractivity (Wildman–Crippen MR) is 77.7 cm³/mol. The number of rotatable bonds is 3. The molecule has 3 nitrogen and oxygen atoms in total. The first-order valence-corrected chi connectivity index (χ1v) is 7.70. The molecule has 0 amide bonds. The molecule has 2 unspecified atom stereocenters. The van der Waals surface area contributed by atoms with Crippen molar-refractivity contribution >= 4 is 0 Å². The van der Waals surface area contributed by atoms with Crippen molar-refractivity contribution in [1.82, 2.24) is 9.80 Å². The molecule has 0 bridgehead atoms. The summed E-state index contributed by atoms with van der Waals surface area (Å²) >= 11 is 0. The van der Waals surface area contributed by atoms with Crippen LogP contribution in [0.2, 0.25) is 0 Å². The first-order valence-electron chi connectivity index (χ1n) is 7.70. The second-order valence-electron chi connectivity index (χ2n) is 7.15. The Morgan fingerprint density at radius 1 is 1.11 bits per heavy atom. The van der Waals surface area contributed by atoms with Gasteiger partial charge in [0, 0.05) is 31.7 Å². The maximum Gasteiger partial charge on any atom is 0.0267 e. The maximum atomic E-state index is 6.01. The SMILES string of the molecule is CC(C)(C)C(CN)N1CCC(N2CCCCC2)C1. The predicted octanol–water partition coefficient (Wildman–Crippen LogP) is 1.92. The van der Waals surface area contributed by atoms with E-state index in [1.807, 2.05) is 0 Å². The number of hydrogen-bond acceptors (Lipinski definition) is 3. The normalized spacial score (nSPS) is 29.7. The zero-order valence-corrected chi connectivity index (χ0v) is 12.5. The minimum atomic E-state index is 0.297. The van der Waals surface area contributed by atoms with Gasteiger partial charge in [0.15, 0.2) is 0 Å². The Morgan fingerprint density at radius 2 is 1.78 bits per heavy atom. The van der Waals surface area contributed by atoms with Crippen LogP contribution >= 0.6 is 0 Å². The maximum absolute atomic E-state index is 6.01. The van der Waals surface area contributed by atoms with Crippen LogP contribution in [0.25, 0.3) is 0 Å². The molecular weight excluding hydrogens is 222 g/mol. The third-order valence-corrected chi connectivity index (χ3v) is 4.77. The topological polar surface area (TPSA) is 32.5 Å². The van der Waals surface area contributed by atoms with Crippen molar-refractivity contribution in [2.75, 3.05) is 32.7 Å². The summed E-state index contributed by atoms with van der Waals surface area (Å²) in [6, 6.07) is 1.33. The number of piperidine rings is 1. The summed E-state index contributed by atoms with van der Waals surface area (Å²) < 4.78 is 0. The van der Waals surface area contributed by atoms with Crippen molar-refractivity contribution in [3.8, 4) is 0 Å². The van der Waals surface area contributed by atoms with Crippen LogP contribution in [0, 0.1) is 5.41 Å². The minimum Gasteiger partial charge on any atom is -0.329 e. The van der Waals surface area contributed by atoms with E-state index in [2.05, 4.69) is 30.6 Å². The van der Waals surface area contributed by atoms with Gasteiger partial charge in [-0.15, -0.1) is 0 Å². The van der Waals surface area contributed by atoms with Gasteiger partial charge < -0.3 is 5.73 Å². The molecule has 2 saturated heterocycles. The van der Waals surface area contributed by atoms with Gasteiger partial charge in [-0.2, -0.15) is 0 Å². The van der Waals surface area contributed by atoms with Crippen LogP contribution in [0.15, 0.2) is 0 Å². The van der Waals surface area contributed by atoms with Gasteiger partial charge in [-0.3, -0.25) is 9.80 Å². The first kappa shape index (κ1) is 14.3. The minimum absolute atomic E-state index is 0.297. The number of likely N-dealkylation sites (tertiary alicyclic amines) is 2. The van der Waals surface area contributed by atoms with Crippen LogP contribution in [0.1, 0.15) is 46.5 Å². The van der Waals surface area contributed by atoms with Gasteiger partial charge in [-0.25, -0.2) is 0 Å². The van der Waals surface area contributed by atoms with Crippen LogP contribution < -0.4 is 5.73 Å². The molecule has 0 spiro atoms. The van der Waals surface area contributed by atoms with Gasteiger partial charge in [0.25, 0.3) is 0 Å². The number of nitrogens with two attached hydrogens (primary N) is 1. The Morgan fingerprint density at radius 3 is 2.33 bits per heavy atom. The van der Waals surface area contributed by atoms with E-state index in [4.69, 9.17) is 5.73 Å². The smallest absolute Gasteiger partial charge is 0.0267 e. The Bertz CT molecular complexity index is 253. The highest BCUT2D eigenvalue weighted by molar-refractivity contribution is 4.92. The highest BCUT2D eigenvalue weighted by atomic mass is 15.3. The lowest BCUT2D eigenvalue weighted by molar-refractivity contribution is 0.109. The molecule has 18 heavy (non-hydrogen) atoms. The summed E-state index contributed by atoms with van der Waals surface area (Å²) in [6.07, 6.45) is 5.57. The Labute approximate surface area is 113 Å². The van der Waals surface area contributed by atoms with Gasteiger partial charge in [-0.1, -0.05) is 27.2 Å². The van der Waals surface area contributed by atoms with Gasteiger partial charge in [0.05, 0.1) is 0 Å². The second-order valence-corrected chi connectivity index (χ2v) is 7.15. The van der Waals surface area contributed by atoms with E-state index in [1.54, 1.807) is 0 Å². The molecule has 106 valence electrons. The molecule has 0 aliphatic carbocycles. The van der Waals surface area contributed by atoms with Crippen LogP contribution in [-0.4, -0.2) is 54.6 Å². The highest BCUT2D eigenvalue weighted by Crippen LogP contribution is 2.28. The van der Waals surface area contributed by atoms with Crippen LogP contribution in [0.4, 0.5) is 0 Å². The fourth-order valence-corrected chi connectivity index (χ4v) is 3.68. The van der Waals surface area contributed by atoms with Crippen molar-refractivity contribution in [2.24, 2.45) is 11.1 Å². The van der Waals surface area contributed by atoms with Crippen molar-refractivity contribution in [2.45, 2.75) is 58.5 Å². The van der Waals surface area contributed by atoms with E-state index in [0.29, 0.717) is 11.5 Å². The molecule has 2 N–H and O–H groups in total. The van der Waals surface area contributed by atoms with Gasteiger partial charge in [0.1, 0.15) is 0 Å². The van der Waals surface area contributed by atoms with E-state index in [9.17, 15) is 0 Å². The van der Waals surface area contributed by atoms with Crippen LogP contribution in [0.3, 0.4) is 0 Å². The monoisotopic (exact) mass is 253 g/mol.